The van der Waals surface area contributed by atoms with Gasteiger partial charge in [0, 0.05) is 21.3 Å². The summed E-state index contributed by atoms with van der Waals surface area (Å²) in [5.41, 5.74) is 1.55. The van der Waals surface area contributed by atoms with E-state index in [2.05, 4.69) is 5.32 Å². The number of nitrogens with one attached hydrogen (secondary N) is 1. The first-order chi connectivity index (χ1) is 9.65. The van der Waals surface area contributed by atoms with Gasteiger partial charge in [-0.25, -0.2) is 0 Å². The van der Waals surface area contributed by atoms with E-state index in [1.165, 1.54) is 0 Å². The number of halogens is 2. The molecule has 0 aliphatic rings. The predicted molar refractivity (Wildman–Crippen MR) is 81.2 cm³/mol. The third-order valence-corrected chi connectivity index (χ3v) is 3.21. The van der Waals surface area contributed by atoms with Crippen LogP contribution in [0.25, 0.3) is 0 Å². The van der Waals surface area contributed by atoms with E-state index in [1.807, 2.05) is 24.3 Å². The summed E-state index contributed by atoms with van der Waals surface area (Å²) in [6, 6.07) is 14.4. The maximum absolute atomic E-state index is 11.6. The molecule has 2 aromatic rings. The van der Waals surface area contributed by atoms with Crippen molar-refractivity contribution in [2.75, 3.05) is 11.9 Å². The van der Waals surface area contributed by atoms with Crippen LogP contribution in [0, 0.1) is 0 Å². The molecule has 1 N–H and O–H groups in total. The minimum atomic E-state index is -0.357. The van der Waals surface area contributed by atoms with Crippen molar-refractivity contribution in [3.8, 4) is 0 Å². The van der Waals surface area contributed by atoms with Gasteiger partial charge in [0.15, 0.2) is 0 Å². The molecule has 2 rings (SSSR count). The number of esters is 1. The SMILES string of the molecule is O=C(CNc1cccc(Cl)c1)OCc1ccccc1Cl. The Morgan fingerprint density at radius 1 is 1.10 bits per heavy atom. The Hall–Kier alpha value is -1.71. The van der Waals surface area contributed by atoms with E-state index in [1.54, 1.807) is 24.3 Å². The van der Waals surface area contributed by atoms with E-state index in [9.17, 15) is 4.79 Å². The number of hydrogen-bond acceptors (Lipinski definition) is 3. The monoisotopic (exact) mass is 309 g/mol. The topological polar surface area (TPSA) is 38.3 Å². The van der Waals surface area contributed by atoms with Crippen molar-refractivity contribution >= 4 is 34.9 Å². The van der Waals surface area contributed by atoms with E-state index in [0.29, 0.717) is 10.0 Å². The number of ether oxygens (including phenoxy) is 1. The molecule has 0 radical (unpaired) electrons. The minimum absolute atomic E-state index is 0.0742. The van der Waals surface area contributed by atoms with Gasteiger partial charge in [-0.05, 0) is 24.3 Å². The van der Waals surface area contributed by atoms with Crippen LogP contribution >= 0.6 is 23.2 Å². The zero-order valence-electron chi connectivity index (χ0n) is 10.6. The highest BCUT2D eigenvalue weighted by molar-refractivity contribution is 6.31. The number of anilines is 1. The van der Waals surface area contributed by atoms with E-state index >= 15 is 0 Å². The van der Waals surface area contributed by atoms with Crippen molar-refractivity contribution in [1.82, 2.24) is 0 Å². The van der Waals surface area contributed by atoms with Crippen molar-refractivity contribution in [2.24, 2.45) is 0 Å². The van der Waals surface area contributed by atoms with Gasteiger partial charge < -0.3 is 10.1 Å². The normalized spacial score (nSPS) is 10.1. The van der Waals surface area contributed by atoms with Gasteiger partial charge in [-0.1, -0.05) is 47.5 Å². The smallest absolute Gasteiger partial charge is 0.325 e. The lowest BCUT2D eigenvalue weighted by atomic mass is 10.2. The van der Waals surface area contributed by atoms with Gasteiger partial charge in [-0.2, -0.15) is 0 Å². The highest BCUT2D eigenvalue weighted by atomic mass is 35.5. The molecular formula is C15H13Cl2NO2. The fourth-order valence-electron chi connectivity index (χ4n) is 1.60. The van der Waals surface area contributed by atoms with Gasteiger partial charge >= 0.3 is 5.97 Å². The van der Waals surface area contributed by atoms with Crippen LogP contribution in [0.3, 0.4) is 0 Å². The van der Waals surface area contributed by atoms with E-state index in [0.717, 1.165) is 11.3 Å². The molecule has 0 bridgehead atoms. The van der Waals surface area contributed by atoms with E-state index < -0.39 is 0 Å². The first-order valence-corrected chi connectivity index (χ1v) is 6.79. The fourth-order valence-corrected chi connectivity index (χ4v) is 1.98. The lowest BCUT2D eigenvalue weighted by molar-refractivity contribution is -0.142. The molecule has 0 amide bonds. The van der Waals surface area contributed by atoms with Gasteiger partial charge in [0.2, 0.25) is 0 Å². The van der Waals surface area contributed by atoms with Gasteiger partial charge in [0.25, 0.3) is 0 Å². The largest absolute Gasteiger partial charge is 0.459 e. The highest BCUT2D eigenvalue weighted by Crippen LogP contribution is 2.16. The van der Waals surface area contributed by atoms with Gasteiger partial charge in [0.05, 0.1) is 0 Å². The zero-order chi connectivity index (χ0) is 14.4. The zero-order valence-corrected chi connectivity index (χ0v) is 12.1. The summed E-state index contributed by atoms with van der Waals surface area (Å²) < 4.78 is 5.14. The molecule has 0 heterocycles. The number of carbonyl (C=O) groups excluding carboxylic acids is 1. The molecule has 0 aromatic heterocycles. The maximum atomic E-state index is 11.6. The number of rotatable bonds is 5. The first kappa shape index (κ1) is 14.7. The average Bonchev–Trinajstić information content (AvgIpc) is 2.44. The molecule has 104 valence electrons. The van der Waals surface area contributed by atoms with Crippen LogP contribution in [0.5, 0.6) is 0 Å². The third-order valence-electron chi connectivity index (χ3n) is 2.61. The van der Waals surface area contributed by atoms with Crippen molar-refractivity contribution in [3.05, 3.63) is 64.1 Å². The lowest BCUT2D eigenvalue weighted by Gasteiger charge is -2.08. The van der Waals surface area contributed by atoms with Crippen LogP contribution < -0.4 is 5.32 Å². The lowest BCUT2D eigenvalue weighted by Crippen LogP contribution is -2.16. The molecule has 0 saturated heterocycles. The Labute approximate surface area is 127 Å². The Balaban J connectivity index is 1.80. The molecule has 0 saturated carbocycles. The van der Waals surface area contributed by atoms with Gasteiger partial charge in [0.1, 0.15) is 13.2 Å². The van der Waals surface area contributed by atoms with Crippen LogP contribution in [0.2, 0.25) is 10.0 Å². The molecule has 0 atom stereocenters. The summed E-state index contributed by atoms with van der Waals surface area (Å²) in [5, 5.41) is 4.14. The van der Waals surface area contributed by atoms with Crippen LogP contribution in [-0.4, -0.2) is 12.5 Å². The van der Waals surface area contributed by atoms with Crippen molar-refractivity contribution < 1.29 is 9.53 Å². The maximum Gasteiger partial charge on any atom is 0.325 e. The highest BCUT2D eigenvalue weighted by Gasteiger charge is 2.05. The summed E-state index contributed by atoms with van der Waals surface area (Å²) >= 11 is 11.8. The molecular weight excluding hydrogens is 297 g/mol. The summed E-state index contributed by atoms with van der Waals surface area (Å²) in [7, 11) is 0. The summed E-state index contributed by atoms with van der Waals surface area (Å²) in [6.45, 7) is 0.237. The standard InChI is InChI=1S/C15H13Cl2NO2/c16-12-5-3-6-13(8-12)18-9-15(19)20-10-11-4-1-2-7-14(11)17/h1-8,18H,9-10H2. The van der Waals surface area contributed by atoms with Crippen molar-refractivity contribution in [2.45, 2.75) is 6.61 Å². The molecule has 0 aliphatic carbocycles. The van der Waals surface area contributed by atoms with Gasteiger partial charge in [-0.3, -0.25) is 4.79 Å². The Bertz CT molecular complexity index is 602. The Kier molecular flexibility index (Phi) is 5.27. The number of benzene rings is 2. The summed E-state index contributed by atoms with van der Waals surface area (Å²) in [5.74, 6) is -0.357. The minimum Gasteiger partial charge on any atom is -0.459 e. The van der Waals surface area contributed by atoms with Crippen molar-refractivity contribution in [3.63, 3.8) is 0 Å². The van der Waals surface area contributed by atoms with Crippen molar-refractivity contribution in [1.29, 1.82) is 0 Å². The van der Waals surface area contributed by atoms with Crippen LogP contribution in [0.15, 0.2) is 48.5 Å². The van der Waals surface area contributed by atoms with Crippen LogP contribution in [-0.2, 0) is 16.1 Å². The average molecular weight is 310 g/mol. The second-order valence-electron chi connectivity index (χ2n) is 4.12. The van der Waals surface area contributed by atoms with E-state index in [4.69, 9.17) is 27.9 Å². The molecule has 0 spiro atoms. The van der Waals surface area contributed by atoms with Crippen LogP contribution in [0.1, 0.15) is 5.56 Å². The predicted octanol–water partition coefficient (Wildman–Crippen LogP) is 4.15. The summed E-state index contributed by atoms with van der Waals surface area (Å²) in [4.78, 5) is 11.6. The molecule has 0 unspecified atom stereocenters. The molecule has 0 fully saturated rings. The fraction of sp³-hybridized carbons (Fsp3) is 0.133. The molecule has 20 heavy (non-hydrogen) atoms. The first-order valence-electron chi connectivity index (χ1n) is 6.03. The second-order valence-corrected chi connectivity index (χ2v) is 4.96. The van der Waals surface area contributed by atoms with Gasteiger partial charge in [-0.15, -0.1) is 0 Å². The molecule has 5 heteroatoms. The molecule has 0 aliphatic heterocycles. The Morgan fingerprint density at radius 3 is 2.65 bits per heavy atom. The van der Waals surface area contributed by atoms with Crippen LogP contribution in [0.4, 0.5) is 5.69 Å². The molecule has 2 aromatic carbocycles. The quantitative estimate of drug-likeness (QED) is 0.843. The number of carbonyl (C=O) groups is 1. The van der Waals surface area contributed by atoms with E-state index in [-0.39, 0.29) is 19.1 Å². The number of hydrogen-bond donors (Lipinski definition) is 1. The third kappa shape index (κ3) is 4.44. The Morgan fingerprint density at radius 2 is 1.90 bits per heavy atom. The summed E-state index contributed by atoms with van der Waals surface area (Å²) in [6.07, 6.45) is 0. The second kappa shape index (κ2) is 7.17. The molecule has 3 nitrogen and oxygen atoms in total.